The van der Waals surface area contributed by atoms with Gasteiger partial charge in [-0.25, -0.2) is 9.37 Å². The van der Waals surface area contributed by atoms with Gasteiger partial charge in [0.2, 0.25) is 5.82 Å². The summed E-state index contributed by atoms with van der Waals surface area (Å²) in [5.74, 6) is 0.0309. The van der Waals surface area contributed by atoms with E-state index in [1.165, 1.54) is 17.0 Å². The molecule has 0 spiro atoms. The topological polar surface area (TPSA) is 100 Å². The van der Waals surface area contributed by atoms with Gasteiger partial charge in [0.1, 0.15) is 28.8 Å². The van der Waals surface area contributed by atoms with Crippen molar-refractivity contribution in [3.63, 3.8) is 0 Å². The van der Waals surface area contributed by atoms with E-state index in [9.17, 15) is 9.18 Å². The number of methoxy groups -OCH3 is 1. The summed E-state index contributed by atoms with van der Waals surface area (Å²) >= 11 is 0. The van der Waals surface area contributed by atoms with Gasteiger partial charge in [-0.1, -0.05) is 17.3 Å². The lowest BCUT2D eigenvalue weighted by molar-refractivity contribution is 0.0689. The van der Waals surface area contributed by atoms with Crippen LogP contribution in [0.25, 0.3) is 28.1 Å². The first-order valence-corrected chi connectivity index (χ1v) is 10.1. The van der Waals surface area contributed by atoms with Gasteiger partial charge in [-0.15, -0.1) is 0 Å². The van der Waals surface area contributed by atoms with Gasteiger partial charge in [-0.05, 0) is 37.1 Å². The number of pyridine rings is 1. The Morgan fingerprint density at radius 2 is 2.03 bits per heavy atom. The minimum atomic E-state index is -0.535. The molecule has 0 N–H and O–H groups in total. The average molecular weight is 432 g/mol. The largest absolute Gasteiger partial charge is 0.370 e. The van der Waals surface area contributed by atoms with Crippen LogP contribution in [0.5, 0.6) is 0 Å². The summed E-state index contributed by atoms with van der Waals surface area (Å²) < 4.78 is 28.8. The monoisotopic (exact) mass is 432 g/mol. The van der Waals surface area contributed by atoms with E-state index < -0.39 is 17.0 Å². The van der Waals surface area contributed by atoms with E-state index in [0.717, 1.165) is 12.8 Å². The molecule has 1 aliphatic carbocycles. The first kappa shape index (κ1) is 18.8. The number of imidazole rings is 1. The molecule has 0 aliphatic heterocycles. The number of fused-ring (bicyclic) bond motifs is 3. The van der Waals surface area contributed by atoms with Crippen LogP contribution in [0.3, 0.4) is 0 Å². The number of rotatable bonds is 5. The number of nitrogens with zero attached hydrogens (tertiary/aromatic N) is 6. The fourth-order valence-corrected chi connectivity index (χ4v) is 4.03. The van der Waals surface area contributed by atoms with Crippen molar-refractivity contribution in [3.05, 3.63) is 76.6 Å². The molecular formula is C22H17FN6O3. The van der Waals surface area contributed by atoms with E-state index in [1.807, 2.05) is 6.07 Å². The molecule has 6 rings (SSSR count). The highest BCUT2D eigenvalue weighted by atomic mass is 19.1. The third kappa shape index (κ3) is 2.69. The Morgan fingerprint density at radius 3 is 2.78 bits per heavy atom. The molecule has 0 atom stereocenters. The molecular weight excluding hydrogens is 415 g/mol. The maximum Gasteiger partial charge on any atom is 0.279 e. The number of benzene rings is 1. The fraction of sp³-hybridized carbons (Fsp3) is 0.227. The molecule has 1 fully saturated rings. The van der Waals surface area contributed by atoms with Crippen molar-refractivity contribution in [2.24, 2.45) is 0 Å². The van der Waals surface area contributed by atoms with Gasteiger partial charge in [0, 0.05) is 13.3 Å². The molecule has 160 valence electrons. The van der Waals surface area contributed by atoms with Gasteiger partial charge in [0.05, 0.1) is 17.8 Å². The lowest BCUT2D eigenvalue weighted by Crippen LogP contribution is -2.24. The van der Waals surface area contributed by atoms with Crippen molar-refractivity contribution in [2.45, 2.75) is 25.0 Å². The maximum atomic E-state index is 14.9. The van der Waals surface area contributed by atoms with E-state index in [0.29, 0.717) is 17.0 Å². The molecule has 4 aromatic heterocycles. The minimum absolute atomic E-state index is 0.0973. The Hall–Kier alpha value is -3.92. The molecule has 1 aliphatic rings. The SMILES string of the molecule is COC1(c2noc(-c3ncn4c3c(=O)n(Cc3ccccn3)c3c(F)cccc34)n2)CC1. The van der Waals surface area contributed by atoms with Gasteiger partial charge in [-0.2, -0.15) is 4.98 Å². The Kier molecular flexibility index (Phi) is 3.99. The normalized spacial score (nSPS) is 14.9. The van der Waals surface area contributed by atoms with E-state index >= 15 is 0 Å². The summed E-state index contributed by atoms with van der Waals surface area (Å²) in [5.41, 5.74) is 0.769. The summed E-state index contributed by atoms with van der Waals surface area (Å²) in [5, 5.41) is 4.04. The smallest absolute Gasteiger partial charge is 0.279 e. The van der Waals surface area contributed by atoms with Crippen LogP contribution in [0.4, 0.5) is 4.39 Å². The van der Waals surface area contributed by atoms with Crippen molar-refractivity contribution >= 4 is 16.6 Å². The maximum absolute atomic E-state index is 14.9. The van der Waals surface area contributed by atoms with Crippen molar-refractivity contribution in [3.8, 4) is 11.6 Å². The third-order valence-electron chi connectivity index (χ3n) is 5.89. The Labute approximate surface area is 180 Å². The van der Waals surface area contributed by atoms with Crippen LogP contribution < -0.4 is 5.56 Å². The third-order valence-corrected chi connectivity index (χ3v) is 5.89. The van der Waals surface area contributed by atoms with Crippen LogP contribution in [-0.2, 0) is 16.9 Å². The first-order valence-electron chi connectivity index (χ1n) is 10.1. The number of halogens is 1. The van der Waals surface area contributed by atoms with Gasteiger partial charge >= 0.3 is 0 Å². The van der Waals surface area contributed by atoms with Crippen molar-refractivity contribution in [1.82, 2.24) is 29.1 Å². The molecule has 0 radical (unpaired) electrons. The number of aromatic nitrogens is 6. The number of hydrogen-bond donors (Lipinski definition) is 0. The molecule has 0 unspecified atom stereocenters. The Morgan fingerprint density at radius 1 is 1.16 bits per heavy atom. The van der Waals surface area contributed by atoms with Crippen molar-refractivity contribution < 1.29 is 13.7 Å². The first-order chi connectivity index (χ1) is 15.6. The number of para-hydroxylation sites is 1. The second-order valence-electron chi connectivity index (χ2n) is 7.75. The highest BCUT2D eigenvalue weighted by Gasteiger charge is 2.49. The predicted octanol–water partition coefficient (Wildman–Crippen LogP) is 2.92. The van der Waals surface area contributed by atoms with Gasteiger partial charge in [0.25, 0.3) is 11.4 Å². The van der Waals surface area contributed by atoms with Crippen LogP contribution in [-0.4, -0.2) is 36.2 Å². The molecule has 10 heteroatoms. The molecule has 1 aromatic carbocycles. The number of ether oxygens (including phenoxy) is 1. The summed E-state index contributed by atoms with van der Waals surface area (Å²) in [4.78, 5) is 26.7. The second-order valence-corrected chi connectivity index (χ2v) is 7.75. The molecule has 1 saturated carbocycles. The Balaban J connectivity index is 1.60. The standard InChI is InChI=1S/C22H17FN6O3/c1-31-22(8-9-22)21-26-19(32-27-21)16-18-20(30)28(11-13-5-2-3-10-24-13)17-14(23)6-4-7-15(17)29(18)12-25-16/h2-7,10,12H,8-9,11H2,1H3. The predicted molar refractivity (Wildman–Crippen MR) is 111 cm³/mol. The molecule has 5 aromatic rings. The van der Waals surface area contributed by atoms with Crippen LogP contribution >= 0.6 is 0 Å². The molecule has 0 bridgehead atoms. The molecule has 0 amide bonds. The molecule has 0 saturated heterocycles. The summed E-state index contributed by atoms with van der Waals surface area (Å²) in [6.07, 6.45) is 4.69. The lowest BCUT2D eigenvalue weighted by atomic mass is 10.2. The average Bonchev–Trinajstić information content (AvgIpc) is 3.24. The van der Waals surface area contributed by atoms with Crippen molar-refractivity contribution in [1.29, 1.82) is 0 Å². The summed E-state index contributed by atoms with van der Waals surface area (Å²) in [7, 11) is 1.60. The Bertz CT molecular complexity index is 1530. The van der Waals surface area contributed by atoms with E-state index in [-0.39, 0.29) is 29.2 Å². The lowest BCUT2D eigenvalue weighted by Gasteiger charge is -2.13. The summed E-state index contributed by atoms with van der Waals surface area (Å²) in [6.45, 7) is 0.0973. The number of hydrogen-bond acceptors (Lipinski definition) is 7. The van der Waals surface area contributed by atoms with E-state index in [1.54, 1.807) is 42.0 Å². The molecule has 4 heterocycles. The zero-order valence-electron chi connectivity index (χ0n) is 17.0. The minimum Gasteiger partial charge on any atom is -0.370 e. The van der Waals surface area contributed by atoms with Gasteiger partial charge < -0.3 is 9.26 Å². The zero-order chi connectivity index (χ0) is 21.9. The van der Waals surface area contributed by atoms with E-state index in [2.05, 4.69) is 20.1 Å². The van der Waals surface area contributed by atoms with Crippen LogP contribution in [0.15, 0.2) is 58.2 Å². The summed E-state index contributed by atoms with van der Waals surface area (Å²) in [6, 6.07) is 10.0. The van der Waals surface area contributed by atoms with E-state index in [4.69, 9.17) is 9.26 Å². The second kappa shape index (κ2) is 6.79. The van der Waals surface area contributed by atoms with Crippen LogP contribution in [0.2, 0.25) is 0 Å². The fourth-order valence-electron chi connectivity index (χ4n) is 4.03. The highest BCUT2D eigenvalue weighted by molar-refractivity contribution is 5.83. The zero-order valence-corrected chi connectivity index (χ0v) is 17.0. The van der Waals surface area contributed by atoms with Gasteiger partial charge in [-0.3, -0.25) is 18.7 Å². The highest BCUT2D eigenvalue weighted by Crippen LogP contribution is 2.47. The van der Waals surface area contributed by atoms with Crippen molar-refractivity contribution in [2.75, 3.05) is 7.11 Å². The quantitative estimate of drug-likeness (QED) is 0.421. The van der Waals surface area contributed by atoms with Crippen LogP contribution in [0.1, 0.15) is 24.4 Å². The van der Waals surface area contributed by atoms with Gasteiger partial charge in [0.15, 0.2) is 5.69 Å². The molecule has 9 nitrogen and oxygen atoms in total. The molecule has 32 heavy (non-hydrogen) atoms. The van der Waals surface area contributed by atoms with Crippen LogP contribution in [0, 0.1) is 5.82 Å².